The van der Waals surface area contributed by atoms with Gasteiger partial charge in [-0.2, -0.15) is 0 Å². The average molecular weight is 410 g/mol. The van der Waals surface area contributed by atoms with Crippen molar-refractivity contribution in [1.82, 2.24) is 9.47 Å². The van der Waals surface area contributed by atoms with E-state index in [1.54, 1.807) is 36.5 Å². The van der Waals surface area contributed by atoms with Gasteiger partial charge in [-0.05, 0) is 30.7 Å². The second-order valence-electron chi connectivity index (χ2n) is 5.97. The SMILES string of the molecule is CCCN(CC(=O)Nc1cc(Cl)ccc1Cl)C(=O)CCn1ccccc1=O. The molecule has 144 valence electrons. The zero-order valence-electron chi connectivity index (χ0n) is 15.0. The monoisotopic (exact) mass is 409 g/mol. The number of hydrogen-bond acceptors (Lipinski definition) is 3. The highest BCUT2D eigenvalue weighted by atomic mass is 35.5. The topological polar surface area (TPSA) is 71.4 Å². The summed E-state index contributed by atoms with van der Waals surface area (Å²) in [5, 5.41) is 3.49. The molecule has 0 fully saturated rings. The van der Waals surface area contributed by atoms with Gasteiger partial charge in [-0.3, -0.25) is 14.4 Å². The molecule has 2 aromatic rings. The first kappa shape index (κ1) is 21.0. The number of aromatic nitrogens is 1. The average Bonchev–Trinajstić information content (AvgIpc) is 2.63. The van der Waals surface area contributed by atoms with Gasteiger partial charge < -0.3 is 14.8 Å². The fourth-order valence-electron chi connectivity index (χ4n) is 2.54. The molecule has 0 aliphatic carbocycles. The van der Waals surface area contributed by atoms with Gasteiger partial charge in [-0.15, -0.1) is 0 Å². The van der Waals surface area contributed by atoms with Crippen LogP contribution in [0.15, 0.2) is 47.4 Å². The molecule has 0 unspecified atom stereocenters. The quantitative estimate of drug-likeness (QED) is 0.725. The Bertz CT molecular complexity index is 867. The van der Waals surface area contributed by atoms with Crippen molar-refractivity contribution in [2.75, 3.05) is 18.4 Å². The summed E-state index contributed by atoms with van der Waals surface area (Å²) in [6, 6.07) is 9.59. The van der Waals surface area contributed by atoms with Crippen LogP contribution in [-0.4, -0.2) is 34.4 Å². The number of carbonyl (C=O) groups is 2. The predicted molar refractivity (Wildman–Crippen MR) is 107 cm³/mol. The van der Waals surface area contributed by atoms with Gasteiger partial charge in [0.15, 0.2) is 0 Å². The molecular formula is C19H21Cl2N3O3. The lowest BCUT2D eigenvalue weighted by atomic mass is 10.3. The van der Waals surface area contributed by atoms with Gasteiger partial charge in [0.05, 0.1) is 17.3 Å². The maximum Gasteiger partial charge on any atom is 0.250 e. The van der Waals surface area contributed by atoms with Crippen LogP contribution >= 0.6 is 23.2 Å². The van der Waals surface area contributed by atoms with Gasteiger partial charge >= 0.3 is 0 Å². The van der Waals surface area contributed by atoms with Crippen molar-refractivity contribution in [3.63, 3.8) is 0 Å². The third-order valence-electron chi connectivity index (χ3n) is 3.85. The lowest BCUT2D eigenvalue weighted by Crippen LogP contribution is -2.39. The van der Waals surface area contributed by atoms with Crippen LogP contribution in [-0.2, 0) is 16.1 Å². The molecule has 1 aromatic heterocycles. The minimum atomic E-state index is -0.363. The lowest BCUT2D eigenvalue weighted by molar-refractivity contribution is -0.134. The van der Waals surface area contributed by atoms with E-state index in [1.807, 2.05) is 6.92 Å². The molecule has 1 N–H and O–H groups in total. The van der Waals surface area contributed by atoms with Crippen LogP contribution in [0.3, 0.4) is 0 Å². The van der Waals surface area contributed by atoms with Crippen LogP contribution in [0.2, 0.25) is 10.0 Å². The Hall–Kier alpha value is -2.31. The molecule has 2 rings (SSSR count). The second kappa shape index (κ2) is 10.1. The molecule has 1 heterocycles. The molecule has 1 aromatic carbocycles. The molecule has 6 nitrogen and oxygen atoms in total. The Morgan fingerprint density at radius 3 is 2.67 bits per heavy atom. The number of hydrogen-bond donors (Lipinski definition) is 1. The second-order valence-corrected chi connectivity index (χ2v) is 6.81. The third kappa shape index (κ3) is 6.41. The first-order valence-electron chi connectivity index (χ1n) is 8.59. The first-order valence-corrected chi connectivity index (χ1v) is 9.34. The Balaban J connectivity index is 1.98. The Kier molecular flexibility index (Phi) is 7.88. The van der Waals surface area contributed by atoms with Crippen molar-refractivity contribution in [3.8, 4) is 0 Å². The molecule has 27 heavy (non-hydrogen) atoms. The number of amides is 2. The standard InChI is InChI=1S/C19H21Cl2N3O3/c1-2-9-24(19(27)8-11-23-10-4-3-5-18(23)26)13-17(25)22-16-12-14(20)6-7-15(16)21/h3-7,10,12H,2,8-9,11,13H2,1H3,(H,22,25). The fraction of sp³-hybridized carbons (Fsp3) is 0.316. The number of anilines is 1. The summed E-state index contributed by atoms with van der Waals surface area (Å²) in [5.74, 6) is -0.558. The van der Waals surface area contributed by atoms with Crippen molar-refractivity contribution in [1.29, 1.82) is 0 Å². The molecule has 8 heteroatoms. The minimum Gasteiger partial charge on any atom is -0.333 e. The molecule has 0 bridgehead atoms. The maximum absolute atomic E-state index is 12.5. The van der Waals surface area contributed by atoms with Crippen LogP contribution in [0, 0.1) is 0 Å². The van der Waals surface area contributed by atoms with E-state index in [4.69, 9.17) is 23.2 Å². The Morgan fingerprint density at radius 1 is 1.19 bits per heavy atom. The van der Waals surface area contributed by atoms with E-state index in [9.17, 15) is 14.4 Å². The third-order valence-corrected chi connectivity index (χ3v) is 4.41. The van der Waals surface area contributed by atoms with Crippen molar-refractivity contribution in [2.45, 2.75) is 26.3 Å². The van der Waals surface area contributed by atoms with E-state index >= 15 is 0 Å². The number of halogens is 2. The zero-order valence-corrected chi connectivity index (χ0v) is 16.5. The molecular weight excluding hydrogens is 389 g/mol. The number of rotatable bonds is 8. The van der Waals surface area contributed by atoms with Crippen LogP contribution in [0.4, 0.5) is 5.69 Å². The highest BCUT2D eigenvalue weighted by Gasteiger charge is 2.17. The highest BCUT2D eigenvalue weighted by Crippen LogP contribution is 2.25. The van der Waals surface area contributed by atoms with E-state index < -0.39 is 0 Å². The number of nitrogens with zero attached hydrogens (tertiary/aromatic N) is 2. The van der Waals surface area contributed by atoms with Crippen molar-refractivity contribution in [3.05, 3.63) is 63.0 Å². The van der Waals surface area contributed by atoms with Crippen molar-refractivity contribution in [2.24, 2.45) is 0 Å². The number of carbonyl (C=O) groups excluding carboxylic acids is 2. The summed E-state index contributed by atoms with van der Waals surface area (Å²) in [4.78, 5) is 38.0. The Labute approximate surface area is 167 Å². The van der Waals surface area contributed by atoms with Gasteiger partial charge in [0, 0.05) is 36.8 Å². The van der Waals surface area contributed by atoms with E-state index in [2.05, 4.69) is 5.32 Å². The molecule has 0 radical (unpaired) electrons. The smallest absolute Gasteiger partial charge is 0.250 e. The summed E-state index contributed by atoms with van der Waals surface area (Å²) in [7, 11) is 0. The summed E-state index contributed by atoms with van der Waals surface area (Å²) < 4.78 is 1.47. The van der Waals surface area contributed by atoms with Gasteiger partial charge in [0.1, 0.15) is 0 Å². The molecule has 0 saturated heterocycles. The molecule has 0 aliphatic rings. The summed E-state index contributed by atoms with van der Waals surface area (Å²) in [5.41, 5.74) is 0.231. The maximum atomic E-state index is 12.5. The normalized spacial score (nSPS) is 10.5. The van der Waals surface area contributed by atoms with Gasteiger partial charge in [0.2, 0.25) is 11.8 Å². The predicted octanol–water partition coefficient (Wildman–Crippen LogP) is 3.42. The van der Waals surface area contributed by atoms with Crippen LogP contribution in [0.5, 0.6) is 0 Å². The Morgan fingerprint density at radius 2 is 1.96 bits per heavy atom. The number of benzene rings is 1. The van der Waals surface area contributed by atoms with E-state index in [0.717, 1.165) is 0 Å². The highest BCUT2D eigenvalue weighted by molar-refractivity contribution is 6.35. The minimum absolute atomic E-state index is 0.0980. The molecule has 0 saturated carbocycles. The number of nitrogens with one attached hydrogen (secondary N) is 1. The molecule has 2 amide bonds. The van der Waals surface area contributed by atoms with Crippen molar-refractivity contribution >= 4 is 40.7 Å². The molecule has 0 atom stereocenters. The van der Waals surface area contributed by atoms with E-state index in [-0.39, 0.29) is 36.9 Å². The van der Waals surface area contributed by atoms with Gasteiger partial charge in [0.25, 0.3) is 5.56 Å². The summed E-state index contributed by atoms with van der Waals surface area (Å²) in [6.45, 7) is 2.53. The lowest BCUT2D eigenvalue weighted by Gasteiger charge is -2.22. The van der Waals surface area contributed by atoms with Crippen LogP contribution < -0.4 is 10.9 Å². The van der Waals surface area contributed by atoms with Crippen LogP contribution in [0.1, 0.15) is 19.8 Å². The number of aryl methyl sites for hydroxylation is 1. The van der Waals surface area contributed by atoms with E-state index in [0.29, 0.717) is 28.7 Å². The molecule has 0 aliphatic heterocycles. The van der Waals surface area contributed by atoms with Gasteiger partial charge in [-0.1, -0.05) is 36.2 Å². The van der Waals surface area contributed by atoms with Crippen molar-refractivity contribution < 1.29 is 9.59 Å². The fourth-order valence-corrected chi connectivity index (χ4v) is 2.87. The van der Waals surface area contributed by atoms with Crippen LogP contribution in [0.25, 0.3) is 0 Å². The summed E-state index contributed by atoms with van der Waals surface area (Å²) in [6.07, 6.45) is 2.48. The molecule has 0 spiro atoms. The zero-order chi connectivity index (χ0) is 19.8. The van der Waals surface area contributed by atoms with E-state index in [1.165, 1.54) is 15.5 Å². The summed E-state index contributed by atoms with van der Waals surface area (Å²) >= 11 is 12.0. The van der Waals surface area contributed by atoms with Gasteiger partial charge in [-0.25, -0.2) is 0 Å². The largest absolute Gasteiger partial charge is 0.333 e. The number of pyridine rings is 1. The first-order chi connectivity index (χ1) is 12.9.